The number of hydrogen-bond acceptors (Lipinski definition) is 1. The summed E-state index contributed by atoms with van der Waals surface area (Å²) in [6.07, 6.45) is 1.10. The van der Waals surface area contributed by atoms with Crippen molar-refractivity contribution in [2.45, 2.75) is 33.7 Å². The van der Waals surface area contributed by atoms with Gasteiger partial charge in [-0.2, -0.15) is 0 Å². The first-order chi connectivity index (χ1) is 9.95. The molecule has 0 aromatic heterocycles. The predicted molar refractivity (Wildman–Crippen MR) is 91.1 cm³/mol. The smallest absolute Gasteiger partial charge is 0.139 e. The van der Waals surface area contributed by atoms with Crippen molar-refractivity contribution in [2.24, 2.45) is 5.92 Å². The van der Waals surface area contributed by atoms with Gasteiger partial charge in [0.25, 0.3) is 0 Å². The van der Waals surface area contributed by atoms with Crippen LogP contribution in [0.2, 0.25) is 0 Å². The second kappa shape index (κ2) is 7.08. The Balaban J connectivity index is 2.01. The topological polar surface area (TPSA) is 12.0 Å². The summed E-state index contributed by atoms with van der Waals surface area (Å²) in [5, 5.41) is 3.30. The molecule has 0 bridgehead atoms. The van der Waals surface area contributed by atoms with Crippen LogP contribution in [0.4, 0.5) is 10.1 Å². The standard InChI is InChI=1S/C18H21BrFN/c1-12(2)8-14-4-6-15(7-5-14)11-21-18-10-17(20)16(19)9-13(18)3/h4-7,9-10,12,21H,8,11H2,1-3H3. The molecule has 21 heavy (non-hydrogen) atoms. The lowest BCUT2D eigenvalue weighted by atomic mass is 10.0. The Morgan fingerprint density at radius 3 is 2.33 bits per heavy atom. The van der Waals surface area contributed by atoms with Gasteiger partial charge in [0, 0.05) is 12.2 Å². The highest BCUT2D eigenvalue weighted by Gasteiger charge is 2.05. The van der Waals surface area contributed by atoms with Crippen molar-refractivity contribution >= 4 is 21.6 Å². The van der Waals surface area contributed by atoms with Crippen molar-refractivity contribution < 1.29 is 4.39 Å². The molecule has 1 nitrogen and oxygen atoms in total. The minimum atomic E-state index is -0.240. The molecule has 0 saturated heterocycles. The van der Waals surface area contributed by atoms with Crippen molar-refractivity contribution in [3.63, 3.8) is 0 Å². The van der Waals surface area contributed by atoms with Crippen molar-refractivity contribution in [3.05, 3.63) is 63.4 Å². The molecule has 3 heteroatoms. The lowest BCUT2D eigenvalue weighted by Crippen LogP contribution is -2.02. The van der Waals surface area contributed by atoms with Crippen LogP contribution in [0.5, 0.6) is 0 Å². The van der Waals surface area contributed by atoms with Crippen LogP contribution < -0.4 is 5.32 Å². The van der Waals surface area contributed by atoms with Gasteiger partial charge in [-0.1, -0.05) is 38.1 Å². The van der Waals surface area contributed by atoms with Gasteiger partial charge in [-0.15, -0.1) is 0 Å². The lowest BCUT2D eigenvalue weighted by molar-refractivity contribution is 0.621. The quantitative estimate of drug-likeness (QED) is 0.729. The maximum absolute atomic E-state index is 13.6. The Morgan fingerprint density at radius 1 is 1.10 bits per heavy atom. The van der Waals surface area contributed by atoms with E-state index in [2.05, 4.69) is 59.4 Å². The molecule has 0 aliphatic carbocycles. The number of hydrogen-bond donors (Lipinski definition) is 1. The summed E-state index contributed by atoms with van der Waals surface area (Å²) in [6.45, 7) is 7.11. The predicted octanol–water partition coefficient (Wildman–Crippen LogP) is 5.71. The van der Waals surface area contributed by atoms with Crippen molar-refractivity contribution in [2.75, 3.05) is 5.32 Å². The maximum atomic E-state index is 13.6. The third-order valence-corrected chi connectivity index (χ3v) is 4.02. The number of rotatable bonds is 5. The van der Waals surface area contributed by atoms with Crippen LogP contribution in [0.25, 0.3) is 0 Å². The van der Waals surface area contributed by atoms with E-state index in [0.29, 0.717) is 16.9 Å². The Hall–Kier alpha value is -1.35. The van der Waals surface area contributed by atoms with Crippen molar-refractivity contribution in [3.8, 4) is 0 Å². The third kappa shape index (κ3) is 4.57. The molecule has 2 rings (SSSR count). The summed E-state index contributed by atoms with van der Waals surface area (Å²) >= 11 is 3.20. The molecule has 0 amide bonds. The summed E-state index contributed by atoms with van der Waals surface area (Å²) in [5.41, 5.74) is 4.42. The van der Waals surface area contributed by atoms with Gasteiger partial charge < -0.3 is 5.32 Å². The van der Waals surface area contributed by atoms with Crippen LogP contribution in [0.15, 0.2) is 40.9 Å². The van der Waals surface area contributed by atoms with E-state index in [-0.39, 0.29) is 5.82 Å². The fourth-order valence-corrected chi connectivity index (χ4v) is 2.76. The average molecular weight is 350 g/mol. The van der Waals surface area contributed by atoms with Gasteiger partial charge in [-0.25, -0.2) is 4.39 Å². The first kappa shape index (κ1) is 16.0. The summed E-state index contributed by atoms with van der Waals surface area (Å²) in [4.78, 5) is 0. The van der Waals surface area contributed by atoms with Crippen molar-refractivity contribution in [1.82, 2.24) is 0 Å². The van der Waals surface area contributed by atoms with E-state index >= 15 is 0 Å². The van der Waals surface area contributed by atoms with Gasteiger partial charge in [0.2, 0.25) is 0 Å². The molecular weight excluding hydrogens is 329 g/mol. The molecule has 0 saturated carbocycles. The Kier molecular flexibility index (Phi) is 5.40. The third-order valence-electron chi connectivity index (χ3n) is 3.42. The maximum Gasteiger partial charge on any atom is 0.139 e. The van der Waals surface area contributed by atoms with Crippen LogP contribution in [0.1, 0.15) is 30.5 Å². The highest BCUT2D eigenvalue weighted by molar-refractivity contribution is 9.10. The summed E-state index contributed by atoms with van der Waals surface area (Å²) in [5.74, 6) is 0.428. The number of nitrogens with one attached hydrogen (secondary N) is 1. The number of aryl methyl sites for hydroxylation is 1. The van der Waals surface area contributed by atoms with E-state index in [1.165, 1.54) is 17.2 Å². The zero-order chi connectivity index (χ0) is 15.4. The Morgan fingerprint density at radius 2 is 1.71 bits per heavy atom. The molecule has 0 atom stereocenters. The van der Waals surface area contributed by atoms with E-state index in [9.17, 15) is 4.39 Å². The van der Waals surface area contributed by atoms with E-state index < -0.39 is 0 Å². The van der Waals surface area contributed by atoms with Gasteiger partial charge in [0.05, 0.1) is 4.47 Å². The molecule has 0 spiro atoms. The molecule has 2 aromatic rings. The highest BCUT2D eigenvalue weighted by atomic mass is 79.9. The number of halogens is 2. The molecule has 0 aliphatic heterocycles. The van der Waals surface area contributed by atoms with Crippen LogP contribution in [0.3, 0.4) is 0 Å². The SMILES string of the molecule is Cc1cc(Br)c(F)cc1NCc1ccc(CC(C)C)cc1. The monoisotopic (exact) mass is 349 g/mol. The lowest BCUT2D eigenvalue weighted by Gasteiger charge is -2.11. The highest BCUT2D eigenvalue weighted by Crippen LogP contribution is 2.24. The minimum absolute atomic E-state index is 0.240. The molecule has 0 radical (unpaired) electrons. The van der Waals surface area contributed by atoms with Gasteiger partial charge in [0.15, 0.2) is 0 Å². The largest absolute Gasteiger partial charge is 0.381 e. The normalized spacial score (nSPS) is 11.0. The summed E-state index contributed by atoms with van der Waals surface area (Å²) in [7, 11) is 0. The van der Waals surface area contributed by atoms with Crippen molar-refractivity contribution in [1.29, 1.82) is 0 Å². The Bertz CT molecular complexity index is 605. The fourth-order valence-electron chi connectivity index (χ4n) is 2.30. The number of benzene rings is 2. The summed E-state index contributed by atoms with van der Waals surface area (Å²) < 4.78 is 14.1. The second-order valence-corrected chi connectivity index (χ2v) is 6.70. The van der Waals surface area contributed by atoms with Crippen LogP contribution in [0, 0.1) is 18.7 Å². The van der Waals surface area contributed by atoms with Crippen LogP contribution in [-0.2, 0) is 13.0 Å². The van der Waals surface area contributed by atoms with Crippen LogP contribution >= 0.6 is 15.9 Å². The first-order valence-corrected chi connectivity index (χ1v) is 8.02. The second-order valence-electron chi connectivity index (χ2n) is 5.85. The zero-order valence-corrected chi connectivity index (χ0v) is 14.3. The Labute approximate surface area is 134 Å². The summed E-state index contributed by atoms with van der Waals surface area (Å²) in [6, 6.07) is 11.9. The van der Waals surface area contributed by atoms with Crippen LogP contribution in [-0.4, -0.2) is 0 Å². The molecule has 112 valence electrons. The molecule has 0 fully saturated rings. The van der Waals surface area contributed by atoms with E-state index in [1.54, 1.807) is 6.07 Å². The minimum Gasteiger partial charge on any atom is -0.381 e. The molecule has 0 unspecified atom stereocenters. The van der Waals surface area contributed by atoms with E-state index in [1.807, 2.05) is 6.92 Å². The van der Waals surface area contributed by atoms with Gasteiger partial charge in [-0.3, -0.25) is 0 Å². The van der Waals surface area contributed by atoms with E-state index in [0.717, 1.165) is 17.7 Å². The molecule has 1 N–H and O–H groups in total. The van der Waals surface area contributed by atoms with Gasteiger partial charge >= 0.3 is 0 Å². The molecule has 2 aromatic carbocycles. The zero-order valence-electron chi connectivity index (χ0n) is 12.7. The molecule has 0 heterocycles. The van der Waals surface area contributed by atoms with Gasteiger partial charge in [0.1, 0.15) is 5.82 Å². The molecular formula is C18H21BrFN. The average Bonchev–Trinajstić information content (AvgIpc) is 2.42. The molecule has 0 aliphatic rings. The fraction of sp³-hybridized carbons (Fsp3) is 0.333. The van der Waals surface area contributed by atoms with Gasteiger partial charge in [-0.05, 0) is 64.0 Å². The number of anilines is 1. The van der Waals surface area contributed by atoms with E-state index in [4.69, 9.17) is 0 Å². The first-order valence-electron chi connectivity index (χ1n) is 7.23.